The highest BCUT2D eigenvalue weighted by Crippen LogP contribution is 2.46. The number of amides is 1. The van der Waals surface area contributed by atoms with E-state index in [1.54, 1.807) is 11.9 Å². The molecule has 1 amide bonds. The number of pyridine rings is 1. The smallest absolute Gasteiger partial charge is 0.307 e. The summed E-state index contributed by atoms with van der Waals surface area (Å²) in [5, 5.41) is 5.29. The number of likely N-dealkylation sites (N-methyl/N-ethyl adjacent to an activating group) is 1. The largest absolute Gasteiger partial charge is 0.462 e. The Labute approximate surface area is 198 Å². The lowest BCUT2D eigenvalue weighted by molar-refractivity contribution is -0.153. The molecular formula is C29H28N2O3. The van der Waals surface area contributed by atoms with Crippen molar-refractivity contribution in [2.24, 2.45) is 0 Å². The molecule has 4 aromatic rings. The number of anilines is 1. The lowest BCUT2D eigenvalue weighted by Gasteiger charge is -2.38. The van der Waals surface area contributed by atoms with Gasteiger partial charge in [0.05, 0.1) is 23.3 Å². The molecule has 1 fully saturated rings. The first kappa shape index (κ1) is 21.1. The minimum atomic E-state index is -1.09. The van der Waals surface area contributed by atoms with Crippen LogP contribution < -0.4 is 4.90 Å². The van der Waals surface area contributed by atoms with Gasteiger partial charge in [0, 0.05) is 17.8 Å². The summed E-state index contributed by atoms with van der Waals surface area (Å²) in [4.78, 5) is 33.5. The van der Waals surface area contributed by atoms with E-state index in [4.69, 9.17) is 9.72 Å². The minimum Gasteiger partial charge on any atom is -0.462 e. The summed E-state index contributed by atoms with van der Waals surface area (Å²) in [6.45, 7) is 1.85. The van der Waals surface area contributed by atoms with Gasteiger partial charge in [0.1, 0.15) is 11.5 Å². The van der Waals surface area contributed by atoms with Crippen molar-refractivity contribution >= 4 is 50.0 Å². The van der Waals surface area contributed by atoms with E-state index >= 15 is 0 Å². The summed E-state index contributed by atoms with van der Waals surface area (Å²) in [5.74, 6) is -0.440. The predicted molar refractivity (Wildman–Crippen MR) is 135 cm³/mol. The van der Waals surface area contributed by atoms with Crippen LogP contribution in [0.3, 0.4) is 0 Å². The number of hydrogen-bond donors (Lipinski definition) is 0. The topological polar surface area (TPSA) is 59.5 Å². The number of hydrogen-bond acceptors (Lipinski definition) is 4. The standard InChI is InChI=1S/C29H28N2O3/c1-29(17-25(32)34-20-11-4-3-5-12-20)27-26-21(13-8-14-24(26)31(2)28(29)33)22-15-18-9-6-7-10-19(18)16-23(22)30-27/h6-10,13-16,20H,3-5,11-12,17H2,1-2H3. The Morgan fingerprint density at radius 2 is 1.76 bits per heavy atom. The molecule has 6 rings (SSSR count). The molecule has 1 atom stereocenters. The SMILES string of the molecule is CN1C(=O)C(C)(CC(=O)OC2CCCCC2)c2nc3cc4ccccc4cc3c3cccc1c23. The molecular weight excluding hydrogens is 424 g/mol. The van der Waals surface area contributed by atoms with Crippen LogP contribution in [0, 0.1) is 0 Å². The highest BCUT2D eigenvalue weighted by atomic mass is 16.5. The number of fused-ring (bicyclic) bond motifs is 3. The van der Waals surface area contributed by atoms with E-state index in [9.17, 15) is 9.59 Å². The van der Waals surface area contributed by atoms with Crippen molar-refractivity contribution in [1.82, 2.24) is 4.98 Å². The second kappa shape index (κ2) is 7.79. The number of carbonyl (C=O) groups excluding carboxylic acids is 2. The van der Waals surface area contributed by atoms with Crippen LogP contribution in [0.1, 0.15) is 51.1 Å². The van der Waals surface area contributed by atoms with Crippen molar-refractivity contribution < 1.29 is 14.3 Å². The fourth-order valence-electron chi connectivity index (χ4n) is 5.84. The van der Waals surface area contributed by atoms with E-state index in [0.717, 1.165) is 63.8 Å². The van der Waals surface area contributed by atoms with Crippen molar-refractivity contribution in [1.29, 1.82) is 0 Å². The van der Waals surface area contributed by atoms with Crippen LogP contribution in [0.25, 0.3) is 32.4 Å². The maximum Gasteiger partial charge on any atom is 0.307 e. The molecule has 1 saturated carbocycles. The van der Waals surface area contributed by atoms with Gasteiger partial charge in [0.2, 0.25) is 5.91 Å². The summed E-state index contributed by atoms with van der Waals surface area (Å²) < 4.78 is 5.83. The Hall–Kier alpha value is -3.47. The van der Waals surface area contributed by atoms with Gasteiger partial charge in [-0.05, 0) is 67.0 Å². The summed E-state index contributed by atoms with van der Waals surface area (Å²) in [6.07, 6.45) is 5.14. The molecule has 1 aliphatic heterocycles. The van der Waals surface area contributed by atoms with Gasteiger partial charge in [0.15, 0.2) is 0 Å². The van der Waals surface area contributed by atoms with Crippen LogP contribution in [0.2, 0.25) is 0 Å². The third kappa shape index (κ3) is 3.17. The maximum absolute atomic E-state index is 13.7. The number of esters is 1. The van der Waals surface area contributed by atoms with Gasteiger partial charge >= 0.3 is 5.97 Å². The third-order valence-corrected chi connectivity index (χ3v) is 7.67. The van der Waals surface area contributed by atoms with Gasteiger partial charge in [-0.25, -0.2) is 0 Å². The number of rotatable bonds is 3. The van der Waals surface area contributed by atoms with Gasteiger partial charge in [-0.15, -0.1) is 0 Å². The molecule has 0 spiro atoms. The fourth-order valence-corrected chi connectivity index (χ4v) is 5.84. The first-order valence-corrected chi connectivity index (χ1v) is 12.2. The van der Waals surface area contributed by atoms with Crippen LogP contribution in [0.4, 0.5) is 5.69 Å². The lowest BCUT2D eigenvalue weighted by atomic mass is 9.76. The molecule has 1 unspecified atom stereocenters. The Balaban J connectivity index is 1.53. The zero-order valence-corrected chi connectivity index (χ0v) is 19.6. The predicted octanol–water partition coefficient (Wildman–Crippen LogP) is 6.04. The molecule has 0 radical (unpaired) electrons. The Morgan fingerprint density at radius 1 is 1.03 bits per heavy atom. The average Bonchev–Trinajstić information content (AvgIpc) is 2.85. The van der Waals surface area contributed by atoms with Crippen LogP contribution in [-0.4, -0.2) is 30.0 Å². The first-order chi connectivity index (χ1) is 16.5. The summed E-state index contributed by atoms with van der Waals surface area (Å²) in [6, 6.07) is 18.5. The lowest BCUT2D eigenvalue weighted by Crippen LogP contribution is -2.48. The van der Waals surface area contributed by atoms with Crippen LogP contribution in [0.5, 0.6) is 0 Å². The Kier molecular flexibility index (Phi) is 4.83. The van der Waals surface area contributed by atoms with Crippen molar-refractivity contribution in [3.05, 3.63) is 60.3 Å². The quantitative estimate of drug-likeness (QED) is 0.216. The molecule has 5 nitrogen and oxygen atoms in total. The van der Waals surface area contributed by atoms with E-state index < -0.39 is 5.41 Å². The second-order valence-electron chi connectivity index (χ2n) is 10.00. The molecule has 5 heteroatoms. The van der Waals surface area contributed by atoms with Crippen molar-refractivity contribution in [3.8, 4) is 0 Å². The van der Waals surface area contributed by atoms with Crippen LogP contribution >= 0.6 is 0 Å². The van der Waals surface area contributed by atoms with Crippen LogP contribution in [0.15, 0.2) is 54.6 Å². The number of carbonyl (C=O) groups is 2. The summed E-state index contributed by atoms with van der Waals surface area (Å²) in [5.41, 5.74) is 1.25. The normalized spacial score (nSPS) is 20.9. The number of ether oxygens (including phenoxy) is 1. The first-order valence-electron chi connectivity index (χ1n) is 12.2. The minimum absolute atomic E-state index is 0.0117. The van der Waals surface area contributed by atoms with Gasteiger partial charge < -0.3 is 9.64 Å². The summed E-state index contributed by atoms with van der Waals surface area (Å²) in [7, 11) is 1.79. The van der Waals surface area contributed by atoms with Crippen molar-refractivity contribution in [3.63, 3.8) is 0 Å². The van der Waals surface area contributed by atoms with Crippen LogP contribution in [-0.2, 0) is 19.7 Å². The number of nitrogens with zero attached hydrogens (tertiary/aromatic N) is 2. The van der Waals surface area contributed by atoms with E-state index in [1.807, 2.05) is 31.2 Å². The van der Waals surface area contributed by atoms with E-state index in [0.29, 0.717) is 5.69 Å². The highest BCUT2D eigenvalue weighted by molar-refractivity contribution is 6.21. The van der Waals surface area contributed by atoms with E-state index in [2.05, 4.69) is 30.3 Å². The molecule has 1 aromatic heterocycles. The number of aromatic nitrogens is 1. The highest BCUT2D eigenvalue weighted by Gasteiger charge is 2.47. The molecule has 2 heterocycles. The van der Waals surface area contributed by atoms with Crippen molar-refractivity contribution in [2.45, 2.75) is 57.0 Å². The van der Waals surface area contributed by atoms with E-state index in [-0.39, 0.29) is 24.4 Å². The van der Waals surface area contributed by atoms with Gasteiger partial charge in [0.25, 0.3) is 0 Å². The average molecular weight is 453 g/mol. The Bertz CT molecular complexity index is 1470. The molecule has 0 N–H and O–H groups in total. The summed E-state index contributed by atoms with van der Waals surface area (Å²) >= 11 is 0. The molecule has 1 aliphatic carbocycles. The molecule has 172 valence electrons. The monoisotopic (exact) mass is 452 g/mol. The number of benzene rings is 3. The van der Waals surface area contributed by atoms with Gasteiger partial charge in [-0.1, -0.05) is 42.8 Å². The van der Waals surface area contributed by atoms with Crippen molar-refractivity contribution in [2.75, 3.05) is 11.9 Å². The van der Waals surface area contributed by atoms with Gasteiger partial charge in [-0.3, -0.25) is 14.6 Å². The fraction of sp³-hybridized carbons (Fsp3) is 0.345. The zero-order valence-electron chi connectivity index (χ0n) is 19.6. The molecule has 0 saturated heterocycles. The molecule has 2 aliphatic rings. The third-order valence-electron chi connectivity index (χ3n) is 7.67. The second-order valence-corrected chi connectivity index (χ2v) is 10.00. The zero-order chi connectivity index (χ0) is 23.4. The molecule has 34 heavy (non-hydrogen) atoms. The van der Waals surface area contributed by atoms with E-state index in [1.165, 1.54) is 6.42 Å². The maximum atomic E-state index is 13.7. The molecule has 0 bridgehead atoms. The van der Waals surface area contributed by atoms with Gasteiger partial charge in [-0.2, -0.15) is 0 Å². The molecule has 3 aromatic carbocycles. The Morgan fingerprint density at radius 3 is 2.53 bits per heavy atom.